The lowest BCUT2D eigenvalue weighted by Gasteiger charge is -2.17. The molecule has 0 atom stereocenters. The van der Waals surface area contributed by atoms with Crippen molar-refractivity contribution < 1.29 is 9.47 Å². The molecule has 1 aromatic carbocycles. The minimum atomic E-state index is -0.363. The van der Waals surface area contributed by atoms with Gasteiger partial charge in [-0.3, -0.25) is 0 Å². The average molecular weight is 258 g/mol. The van der Waals surface area contributed by atoms with E-state index in [9.17, 15) is 0 Å². The van der Waals surface area contributed by atoms with Crippen LogP contribution in [0, 0.1) is 11.3 Å². The molecule has 100 valence electrons. The third kappa shape index (κ3) is 2.62. The monoisotopic (exact) mass is 258 g/mol. The van der Waals surface area contributed by atoms with Crippen LogP contribution in [0.5, 0.6) is 0 Å². The molecule has 0 aliphatic heterocycles. The van der Waals surface area contributed by atoms with E-state index < -0.39 is 0 Å². The quantitative estimate of drug-likeness (QED) is 0.774. The summed E-state index contributed by atoms with van der Waals surface area (Å²) >= 11 is 0. The maximum Gasteiger partial charge on any atom is 0.199 e. The van der Waals surface area contributed by atoms with Gasteiger partial charge in [-0.25, -0.2) is 0 Å². The molecule has 0 aliphatic rings. The molecule has 0 aliphatic carbocycles. The number of aromatic nitrogens is 1. The molecule has 0 fully saturated rings. The van der Waals surface area contributed by atoms with E-state index in [2.05, 4.69) is 6.07 Å². The Morgan fingerprint density at radius 1 is 1.21 bits per heavy atom. The number of hydrogen-bond donors (Lipinski definition) is 0. The molecule has 0 radical (unpaired) electrons. The Labute approximate surface area is 113 Å². The van der Waals surface area contributed by atoms with Gasteiger partial charge in [-0.2, -0.15) is 5.26 Å². The second-order valence-corrected chi connectivity index (χ2v) is 4.26. The van der Waals surface area contributed by atoms with Gasteiger partial charge in [0.2, 0.25) is 0 Å². The molecule has 0 bridgehead atoms. The van der Waals surface area contributed by atoms with Crippen molar-refractivity contribution in [2.75, 3.05) is 13.2 Å². The first-order valence-corrected chi connectivity index (χ1v) is 6.44. The normalized spacial score (nSPS) is 11.1. The fourth-order valence-corrected chi connectivity index (χ4v) is 2.17. The van der Waals surface area contributed by atoms with E-state index >= 15 is 0 Å². The molecule has 4 nitrogen and oxygen atoms in total. The number of nitrogens with zero attached hydrogens (tertiary/aromatic N) is 2. The van der Waals surface area contributed by atoms with Crippen molar-refractivity contribution in [2.45, 2.75) is 20.1 Å². The average Bonchev–Trinajstić information content (AvgIpc) is 2.75. The number of benzene rings is 1. The summed E-state index contributed by atoms with van der Waals surface area (Å²) in [5.41, 5.74) is 2.64. The number of nitriles is 1. The van der Waals surface area contributed by atoms with Crippen molar-refractivity contribution in [3.63, 3.8) is 0 Å². The highest BCUT2D eigenvalue weighted by Gasteiger charge is 2.17. The SMILES string of the molecule is CCOC(OCC)c1cc2ccc(C#N)cc2n1C. The van der Waals surface area contributed by atoms with E-state index in [4.69, 9.17) is 14.7 Å². The fraction of sp³-hybridized carbons (Fsp3) is 0.400. The smallest absolute Gasteiger partial charge is 0.199 e. The number of rotatable bonds is 5. The summed E-state index contributed by atoms with van der Waals surface area (Å²) < 4.78 is 13.3. The van der Waals surface area contributed by atoms with Gasteiger partial charge in [-0.1, -0.05) is 6.07 Å². The highest BCUT2D eigenvalue weighted by atomic mass is 16.7. The molecule has 2 aromatic rings. The van der Waals surface area contributed by atoms with E-state index in [1.165, 1.54) is 0 Å². The molecular weight excluding hydrogens is 240 g/mol. The maximum absolute atomic E-state index is 8.96. The van der Waals surface area contributed by atoms with E-state index in [1.54, 1.807) is 0 Å². The Morgan fingerprint density at radius 2 is 1.89 bits per heavy atom. The van der Waals surface area contributed by atoms with Crippen LogP contribution >= 0.6 is 0 Å². The number of ether oxygens (including phenoxy) is 2. The van der Waals surface area contributed by atoms with Crippen molar-refractivity contribution >= 4 is 10.9 Å². The Hall–Kier alpha value is -1.83. The topological polar surface area (TPSA) is 47.2 Å². The highest BCUT2D eigenvalue weighted by Crippen LogP contribution is 2.27. The molecule has 4 heteroatoms. The Balaban J connectivity index is 2.48. The van der Waals surface area contributed by atoms with Crippen LogP contribution in [-0.4, -0.2) is 17.8 Å². The second-order valence-electron chi connectivity index (χ2n) is 4.26. The zero-order valence-corrected chi connectivity index (χ0v) is 11.5. The zero-order chi connectivity index (χ0) is 13.8. The second kappa shape index (κ2) is 5.87. The Kier molecular flexibility index (Phi) is 4.20. The molecule has 0 unspecified atom stereocenters. The molecule has 1 heterocycles. The van der Waals surface area contributed by atoms with Crippen LogP contribution in [0.25, 0.3) is 10.9 Å². The van der Waals surface area contributed by atoms with Crippen molar-refractivity contribution in [3.05, 3.63) is 35.5 Å². The van der Waals surface area contributed by atoms with Crippen LogP contribution in [0.3, 0.4) is 0 Å². The van der Waals surface area contributed by atoms with Crippen molar-refractivity contribution in [2.24, 2.45) is 7.05 Å². The Bertz CT molecular complexity index is 604. The first kappa shape index (κ1) is 13.6. The lowest BCUT2D eigenvalue weighted by atomic mass is 10.2. The largest absolute Gasteiger partial charge is 0.347 e. The van der Waals surface area contributed by atoms with E-state index in [0.717, 1.165) is 16.6 Å². The Morgan fingerprint density at radius 3 is 2.47 bits per heavy atom. The minimum Gasteiger partial charge on any atom is -0.347 e. The van der Waals surface area contributed by atoms with Crippen LogP contribution in [0.15, 0.2) is 24.3 Å². The fourth-order valence-electron chi connectivity index (χ4n) is 2.17. The summed E-state index contributed by atoms with van der Waals surface area (Å²) in [6.45, 7) is 5.08. The van der Waals surface area contributed by atoms with E-state index in [0.29, 0.717) is 18.8 Å². The molecule has 0 amide bonds. The number of hydrogen-bond acceptors (Lipinski definition) is 3. The van der Waals surface area contributed by atoms with Gasteiger partial charge in [0.25, 0.3) is 0 Å². The lowest BCUT2D eigenvalue weighted by Crippen LogP contribution is -2.12. The van der Waals surface area contributed by atoms with Gasteiger partial charge in [-0.05, 0) is 32.0 Å². The van der Waals surface area contributed by atoms with Gasteiger partial charge >= 0.3 is 0 Å². The predicted molar refractivity (Wildman–Crippen MR) is 73.6 cm³/mol. The van der Waals surface area contributed by atoms with Gasteiger partial charge in [0.05, 0.1) is 17.3 Å². The van der Waals surface area contributed by atoms with Gasteiger partial charge in [0, 0.05) is 31.2 Å². The molecule has 0 N–H and O–H groups in total. The van der Waals surface area contributed by atoms with Crippen molar-refractivity contribution in [3.8, 4) is 6.07 Å². The maximum atomic E-state index is 8.96. The predicted octanol–water partition coefficient (Wildman–Crippen LogP) is 3.12. The molecule has 0 saturated heterocycles. The standard InChI is InChI=1S/C15H18N2O2/c1-4-18-15(19-5-2)14-9-12-7-6-11(10-16)8-13(12)17(14)3/h6-9,15H,4-5H2,1-3H3. The van der Waals surface area contributed by atoms with Gasteiger partial charge in [0.1, 0.15) is 0 Å². The summed E-state index contributed by atoms with van der Waals surface area (Å²) in [5, 5.41) is 10.0. The molecule has 19 heavy (non-hydrogen) atoms. The first-order chi connectivity index (χ1) is 9.21. The summed E-state index contributed by atoms with van der Waals surface area (Å²) in [6.07, 6.45) is -0.363. The molecule has 1 aromatic heterocycles. The van der Waals surface area contributed by atoms with Crippen LogP contribution < -0.4 is 0 Å². The van der Waals surface area contributed by atoms with Crippen molar-refractivity contribution in [1.29, 1.82) is 5.26 Å². The lowest BCUT2D eigenvalue weighted by molar-refractivity contribution is -0.143. The highest BCUT2D eigenvalue weighted by molar-refractivity contribution is 5.82. The van der Waals surface area contributed by atoms with E-state index in [1.807, 2.05) is 49.7 Å². The third-order valence-electron chi connectivity index (χ3n) is 3.09. The summed E-state index contributed by atoms with van der Waals surface area (Å²) in [7, 11) is 1.96. The summed E-state index contributed by atoms with van der Waals surface area (Å²) in [6, 6.07) is 9.86. The zero-order valence-electron chi connectivity index (χ0n) is 11.5. The van der Waals surface area contributed by atoms with E-state index in [-0.39, 0.29) is 6.29 Å². The number of aryl methyl sites for hydroxylation is 1. The summed E-state index contributed by atoms with van der Waals surface area (Å²) in [4.78, 5) is 0. The van der Waals surface area contributed by atoms with Crippen molar-refractivity contribution in [1.82, 2.24) is 4.57 Å². The van der Waals surface area contributed by atoms with Crippen LogP contribution in [0.4, 0.5) is 0 Å². The molecule has 2 rings (SSSR count). The van der Waals surface area contributed by atoms with Gasteiger partial charge in [0.15, 0.2) is 6.29 Å². The van der Waals surface area contributed by atoms with Crippen LogP contribution in [0.1, 0.15) is 31.4 Å². The van der Waals surface area contributed by atoms with Gasteiger partial charge in [-0.15, -0.1) is 0 Å². The molecule has 0 saturated carbocycles. The number of fused-ring (bicyclic) bond motifs is 1. The molecular formula is C15H18N2O2. The minimum absolute atomic E-state index is 0.363. The van der Waals surface area contributed by atoms with Crippen LogP contribution in [-0.2, 0) is 16.5 Å². The first-order valence-electron chi connectivity index (χ1n) is 6.44. The van der Waals surface area contributed by atoms with Crippen LogP contribution in [0.2, 0.25) is 0 Å². The molecule has 0 spiro atoms. The van der Waals surface area contributed by atoms with Gasteiger partial charge < -0.3 is 14.0 Å². The summed E-state index contributed by atoms with van der Waals surface area (Å²) in [5.74, 6) is 0. The third-order valence-corrected chi connectivity index (χ3v) is 3.09.